The van der Waals surface area contributed by atoms with Gasteiger partial charge in [0.1, 0.15) is 18.3 Å². The Morgan fingerprint density at radius 2 is 2.23 bits per heavy atom. The van der Waals surface area contributed by atoms with Crippen LogP contribution in [0.1, 0.15) is 6.23 Å². The number of nitrogens with one attached hydrogen (secondary N) is 2. The van der Waals surface area contributed by atoms with Gasteiger partial charge in [-0.1, -0.05) is 0 Å². The summed E-state index contributed by atoms with van der Waals surface area (Å²) in [6.07, 6.45) is -2.87. The van der Waals surface area contributed by atoms with E-state index in [9.17, 15) is 14.5 Å². The van der Waals surface area contributed by atoms with E-state index in [0.717, 1.165) is 0 Å². The second-order valence-electron chi connectivity index (χ2n) is 5.53. The Morgan fingerprint density at radius 3 is 2.85 bits per heavy atom. The maximum absolute atomic E-state index is 12.0. The first-order chi connectivity index (χ1) is 12.2. The number of phosphoric ester groups is 1. The van der Waals surface area contributed by atoms with Crippen LogP contribution in [0.2, 0.25) is 0 Å². The van der Waals surface area contributed by atoms with Gasteiger partial charge in [-0.2, -0.15) is 4.98 Å². The molecule has 0 spiro atoms. The van der Waals surface area contributed by atoms with E-state index in [0.29, 0.717) is 0 Å². The van der Waals surface area contributed by atoms with Gasteiger partial charge in [0.2, 0.25) is 5.95 Å². The molecule has 0 radical (unpaired) electrons. The Morgan fingerprint density at radius 1 is 1.50 bits per heavy atom. The number of methoxy groups -OCH3 is 1. The monoisotopic (exact) mass is 391 g/mol. The molecule has 5 N–H and O–H groups in total. The summed E-state index contributed by atoms with van der Waals surface area (Å²) in [6, 6.07) is 0. The highest BCUT2D eigenvalue weighted by Crippen LogP contribution is 2.39. The Labute approximate surface area is 146 Å². The van der Waals surface area contributed by atoms with Crippen molar-refractivity contribution in [3.05, 3.63) is 16.7 Å². The first-order valence-electron chi connectivity index (χ1n) is 7.46. The number of fused-ring (bicyclic) bond motifs is 1. The fourth-order valence-electron chi connectivity index (χ4n) is 2.78. The fourth-order valence-corrected chi connectivity index (χ4v) is 3.12. The van der Waals surface area contributed by atoms with Crippen molar-refractivity contribution in [1.82, 2.24) is 19.5 Å². The lowest BCUT2D eigenvalue weighted by Crippen LogP contribution is -2.35. The molecule has 3 heterocycles. The summed E-state index contributed by atoms with van der Waals surface area (Å²) in [5, 5.41) is 13.2. The smallest absolute Gasteiger partial charge is 0.386 e. The molecular formula is C12H18N5O8P. The summed E-state index contributed by atoms with van der Waals surface area (Å²) >= 11 is 0. The van der Waals surface area contributed by atoms with Crippen LogP contribution < -0.4 is 10.9 Å². The summed E-state index contributed by atoms with van der Waals surface area (Å²) in [4.78, 5) is 40.4. The standard InChI is InChI=1S/C12H18N5O8P/c1-13-12-15-9-6(10(19)16-12)14-4-17(9)11-7(18)8(23-2)5(25-11)3-24-26(20,21)22/h4-5,7-8,11,18H,3H2,1-2H3,(H2,20,21,22)(H2,13,15,16,19)/t5-,7-,8-,11-/m1/s1. The van der Waals surface area contributed by atoms with Crippen molar-refractivity contribution < 1.29 is 33.5 Å². The number of aliphatic hydroxyl groups excluding tert-OH is 1. The van der Waals surface area contributed by atoms with E-state index >= 15 is 0 Å². The molecule has 0 saturated carbocycles. The van der Waals surface area contributed by atoms with Crippen LogP contribution in [0.15, 0.2) is 11.1 Å². The van der Waals surface area contributed by atoms with E-state index < -0.39 is 44.5 Å². The fraction of sp³-hybridized carbons (Fsp3) is 0.583. The molecule has 1 aliphatic rings. The number of hydrogen-bond acceptors (Lipinski definition) is 9. The van der Waals surface area contributed by atoms with E-state index in [4.69, 9.17) is 19.3 Å². The second kappa shape index (κ2) is 7.04. The summed E-state index contributed by atoms with van der Waals surface area (Å²) in [5.41, 5.74) is -0.271. The normalized spacial score (nSPS) is 26.5. The molecule has 0 amide bonds. The Balaban J connectivity index is 1.94. The minimum absolute atomic E-state index is 0.0451. The van der Waals surface area contributed by atoms with Crippen molar-refractivity contribution >= 4 is 24.9 Å². The molecule has 0 aliphatic carbocycles. The van der Waals surface area contributed by atoms with Crippen LogP contribution in [0.5, 0.6) is 0 Å². The van der Waals surface area contributed by atoms with Crippen molar-refractivity contribution in [2.75, 3.05) is 26.1 Å². The molecule has 0 bridgehead atoms. The van der Waals surface area contributed by atoms with Crippen molar-refractivity contribution in [3.8, 4) is 0 Å². The van der Waals surface area contributed by atoms with E-state index in [1.165, 1.54) is 18.0 Å². The SMILES string of the molecule is CNc1nc2c(ncn2[C@@H]2O[C@H](COP(=O)(O)O)[C@@H](OC)[C@H]2O)c(=O)[nH]1. The average Bonchev–Trinajstić information content (AvgIpc) is 3.13. The van der Waals surface area contributed by atoms with Crippen molar-refractivity contribution in [3.63, 3.8) is 0 Å². The maximum Gasteiger partial charge on any atom is 0.469 e. The van der Waals surface area contributed by atoms with Crippen LogP contribution in [-0.4, -0.2) is 73.5 Å². The number of rotatable bonds is 6. The largest absolute Gasteiger partial charge is 0.469 e. The number of aromatic nitrogens is 4. The number of nitrogens with zero attached hydrogens (tertiary/aromatic N) is 3. The zero-order valence-electron chi connectivity index (χ0n) is 13.8. The number of imidazole rings is 1. The van der Waals surface area contributed by atoms with Crippen LogP contribution in [0.3, 0.4) is 0 Å². The number of aliphatic hydroxyl groups is 1. The molecule has 14 heteroatoms. The number of anilines is 1. The quantitative estimate of drug-likeness (QED) is 0.363. The van der Waals surface area contributed by atoms with Crippen molar-refractivity contribution in [2.45, 2.75) is 24.5 Å². The first-order valence-corrected chi connectivity index (χ1v) is 8.99. The van der Waals surface area contributed by atoms with Gasteiger partial charge in [-0.05, 0) is 0 Å². The van der Waals surface area contributed by atoms with Crippen molar-refractivity contribution in [1.29, 1.82) is 0 Å². The Bertz CT molecular complexity index is 893. The molecule has 0 unspecified atom stereocenters. The van der Waals surface area contributed by atoms with E-state index in [1.54, 1.807) is 7.05 Å². The molecule has 1 aliphatic heterocycles. The van der Waals surface area contributed by atoms with Crippen LogP contribution in [0, 0.1) is 0 Å². The van der Waals surface area contributed by atoms with Gasteiger partial charge in [0.25, 0.3) is 5.56 Å². The highest BCUT2D eigenvalue weighted by Gasteiger charge is 2.46. The number of H-pyrrole nitrogens is 1. The Hall–Kier alpha value is -1.86. The van der Waals surface area contributed by atoms with Gasteiger partial charge >= 0.3 is 7.82 Å². The molecule has 2 aromatic rings. The number of phosphoric acid groups is 1. The van der Waals surface area contributed by atoms with Gasteiger partial charge in [0, 0.05) is 14.2 Å². The predicted molar refractivity (Wildman–Crippen MR) is 86.4 cm³/mol. The lowest BCUT2D eigenvalue weighted by molar-refractivity contribution is -0.0527. The molecule has 4 atom stereocenters. The third-order valence-corrected chi connectivity index (χ3v) is 4.42. The molecule has 26 heavy (non-hydrogen) atoms. The maximum atomic E-state index is 12.0. The molecule has 1 saturated heterocycles. The topological polar surface area (TPSA) is 181 Å². The van der Waals surface area contributed by atoms with Gasteiger partial charge in [0.05, 0.1) is 12.9 Å². The summed E-state index contributed by atoms with van der Waals surface area (Å²) in [5.74, 6) is 0.196. The summed E-state index contributed by atoms with van der Waals surface area (Å²) in [6.45, 7) is -0.501. The molecule has 2 aromatic heterocycles. The average molecular weight is 391 g/mol. The first kappa shape index (κ1) is 18.9. The second-order valence-corrected chi connectivity index (χ2v) is 6.77. The summed E-state index contributed by atoms with van der Waals surface area (Å²) < 4.78 is 27.5. The molecule has 1 fully saturated rings. The van der Waals surface area contributed by atoms with Gasteiger partial charge in [0.15, 0.2) is 17.4 Å². The van der Waals surface area contributed by atoms with E-state index in [2.05, 4.69) is 24.8 Å². The lowest BCUT2D eigenvalue weighted by Gasteiger charge is -2.18. The molecule has 3 rings (SSSR count). The highest BCUT2D eigenvalue weighted by atomic mass is 31.2. The van der Waals surface area contributed by atoms with Crippen LogP contribution >= 0.6 is 7.82 Å². The van der Waals surface area contributed by atoms with E-state index in [1.807, 2.05) is 0 Å². The van der Waals surface area contributed by atoms with E-state index in [-0.39, 0.29) is 17.1 Å². The Kier molecular flexibility index (Phi) is 5.12. The van der Waals surface area contributed by atoms with Crippen LogP contribution in [0.25, 0.3) is 11.2 Å². The van der Waals surface area contributed by atoms with Crippen molar-refractivity contribution in [2.24, 2.45) is 0 Å². The van der Waals surface area contributed by atoms with Crippen LogP contribution in [0.4, 0.5) is 5.95 Å². The van der Waals surface area contributed by atoms with Gasteiger partial charge in [-0.25, -0.2) is 9.55 Å². The lowest BCUT2D eigenvalue weighted by atomic mass is 10.1. The minimum atomic E-state index is -4.71. The zero-order valence-corrected chi connectivity index (χ0v) is 14.7. The molecule has 0 aromatic carbocycles. The highest BCUT2D eigenvalue weighted by molar-refractivity contribution is 7.46. The van der Waals surface area contributed by atoms with Gasteiger partial charge < -0.3 is 29.7 Å². The third kappa shape index (κ3) is 3.50. The number of hydrogen-bond donors (Lipinski definition) is 5. The number of ether oxygens (including phenoxy) is 2. The molecule has 144 valence electrons. The summed E-state index contributed by atoms with van der Waals surface area (Å²) in [7, 11) is -1.82. The van der Waals surface area contributed by atoms with Gasteiger partial charge in [-0.15, -0.1) is 0 Å². The van der Waals surface area contributed by atoms with Gasteiger partial charge in [-0.3, -0.25) is 18.9 Å². The molecule has 13 nitrogen and oxygen atoms in total. The predicted octanol–water partition coefficient (Wildman–Crippen LogP) is -1.46. The number of aromatic amines is 1. The molecular weight excluding hydrogens is 373 g/mol. The van der Waals surface area contributed by atoms with Crippen LogP contribution in [-0.2, 0) is 18.6 Å². The third-order valence-electron chi connectivity index (χ3n) is 3.93. The minimum Gasteiger partial charge on any atom is -0.386 e. The zero-order chi connectivity index (χ0) is 19.1.